The third-order valence-electron chi connectivity index (χ3n) is 3.37. The number of aromatic nitrogens is 4. The number of rotatable bonds is 3. The number of hydrogen-bond donors (Lipinski definition) is 2. The molecule has 2 aromatic rings. The second-order valence-electron chi connectivity index (χ2n) is 5.32. The van der Waals surface area contributed by atoms with Gasteiger partial charge in [0.2, 0.25) is 0 Å². The molecule has 0 saturated heterocycles. The van der Waals surface area contributed by atoms with Gasteiger partial charge in [-0.05, 0) is 31.9 Å². The molecule has 0 spiro atoms. The van der Waals surface area contributed by atoms with E-state index in [1.165, 1.54) is 17.3 Å². The number of aliphatic hydroxyl groups is 1. The molecule has 1 fully saturated rings. The van der Waals surface area contributed by atoms with Crippen LogP contribution in [0.25, 0.3) is 5.82 Å². The van der Waals surface area contributed by atoms with E-state index in [0.29, 0.717) is 24.2 Å². The van der Waals surface area contributed by atoms with Crippen molar-refractivity contribution >= 4 is 5.91 Å². The first-order valence-electron chi connectivity index (χ1n) is 6.38. The molecule has 0 unspecified atom stereocenters. The van der Waals surface area contributed by atoms with E-state index in [-0.39, 0.29) is 11.9 Å². The van der Waals surface area contributed by atoms with Crippen LogP contribution < -0.4 is 5.32 Å². The molecule has 0 aromatic carbocycles. The fraction of sp³-hybridized carbons (Fsp3) is 0.385. The van der Waals surface area contributed by atoms with Crippen molar-refractivity contribution in [3.05, 3.63) is 36.5 Å². The number of carbonyl (C=O) groups is 1. The van der Waals surface area contributed by atoms with Gasteiger partial charge in [0.15, 0.2) is 5.82 Å². The van der Waals surface area contributed by atoms with E-state index in [4.69, 9.17) is 0 Å². The van der Waals surface area contributed by atoms with Gasteiger partial charge in [0.1, 0.15) is 12.7 Å². The van der Waals surface area contributed by atoms with Crippen molar-refractivity contribution in [3.8, 4) is 5.82 Å². The first kappa shape index (κ1) is 12.7. The van der Waals surface area contributed by atoms with Gasteiger partial charge in [0, 0.05) is 17.8 Å². The van der Waals surface area contributed by atoms with Crippen LogP contribution in [-0.2, 0) is 0 Å². The van der Waals surface area contributed by atoms with E-state index in [1.807, 2.05) is 0 Å². The molecule has 1 aliphatic rings. The summed E-state index contributed by atoms with van der Waals surface area (Å²) < 4.78 is 1.49. The molecule has 2 heterocycles. The number of nitrogens with zero attached hydrogens (tertiary/aromatic N) is 4. The number of hydrogen-bond acceptors (Lipinski definition) is 5. The van der Waals surface area contributed by atoms with Gasteiger partial charge in [0.25, 0.3) is 5.91 Å². The molecule has 1 saturated carbocycles. The van der Waals surface area contributed by atoms with Crippen LogP contribution in [0.2, 0.25) is 0 Å². The van der Waals surface area contributed by atoms with Crippen molar-refractivity contribution < 1.29 is 9.90 Å². The highest BCUT2D eigenvalue weighted by molar-refractivity contribution is 5.94. The molecule has 1 aliphatic carbocycles. The molecular weight excluding hydrogens is 258 g/mol. The Labute approximate surface area is 115 Å². The molecule has 2 aromatic heterocycles. The van der Waals surface area contributed by atoms with Crippen LogP contribution in [-0.4, -0.2) is 42.4 Å². The number of nitrogens with one attached hydrogen (secondary N) is 1. The molecule has 0 radical (unpaired) electrons. The Morgan fingerprint density at radius 3 is 3.00 bits per heavy atom. The lowest BCUT2D eigenvalue weighted by atomic mass is 9.77. The normalized spacial score (nSPS) is 25.0. The molecule has 0 aliphatic heterocycles. The van der Waals surface area contributed by atoms with E-state index in [2.05, 4.69) is 20.4 Å². The molecule has 20 heavy (non-hydrogen) atoms. The molecule has 0 atom stereocenters. The van der Waals surface area contributed by atoms with Gasteiger partial charge in [-0.1, -0.05) is 0 Å². The van der Waals surface area contributed by atoms with E-state index in [0.717, 1.165) is 0 Å². The van der Waals surface area contributed by atoms with E-state index in [9.17, 15) is 9.90 Å². The first-order valence-corrected chi connectivity index (χ1v) is 6.38. The highest BCUT2D eigenvalue weighted by Crippen LogP contribution is 2.31. The lowest BCUT2D eigenvalue weighted by Gasteiger charge is -2.41. The van der Waals surface area contributed by atoms with Crippen LogP contribution in [0.5, 0.6) is 0 Å². The molecule has 1 amide bonds. The summed E-state index contributed by atoms with van der Waals surface area (Å²) in [6.45, 7) is 1.77. The number of pyridine rings is 1. The number of amides is 1. The Balaban J connectivity index is 1.71. The van der Waals surface area contributed by atoms with Crippen LogP contribution >= 0.6 is 0 Å². The van der Waals surface area contributed by atoms with Crippen molar-refractivity contribution in [2.75, 3.05) is 0 Å². The lowest BCUT2D eigenvalue weighted by Crippen LogP contribution is -2.53. The third kappa shape index (κ3) is 2.53. The summed E-state index contributed by atoms with van der Waals surface area (Å²) in [7, 11) is 0. The van der Waals surface area contributed by atoms with Crippen LogP contribution in [0.4, 0.5) is 0 Å². The Bertz CT molecular complexity index is 615. The maximum atomic E-state index is 12.1. The second kappa shape index (κ2) is 4.68. The lowest BCUT2D eigenvalue weighted by molar-refractivity contribution is -0.0366. The summed E-state index contributed by atoms with van der Waals surface area (Å²) in [5.74, 6) is 0.366. The summed E-state index contributed by atoms with van der Waals surface area (Å²) in [5, 5.41) is 16.5. The second-order valence-corrected chi connectivity index (χ2v) is 5.32. The topological polar surface area (TPSA) is 92.9 Å². The van der Waals surface area contributed by atoms with Crippen molar-refractivity contribution in [3.63, 3.8) is 0 Å². The first-order chi connectivity index (χ1) is 9.53. The van der Waals surface area contributed by atoms with E-state index < -0.39 is 5.60 Å². The fourth-order valence-electron chi connectivity index (χ4n) is 2.38. The minimum atomic E-state index is -0.651. The molecule has 104 valence electrons. The summed E-state index contributed by atoms with van der Waals surface area (Å²) >= 11 is 0. The smallest absolute Gasteiger partial charge is 0.251 e. The SMILES string of the molecule is CC1(O)CC(NC(=O)c2ccnc(-n3cncn3)c2)C1. The Kier molecular flexibility index (Phi) is 2.98. The molecule has 7 heteroatoms. The summed E-state index contributed by atoms with van der Waals surface area (Å²) in [4.78, 5) is 20.1. The van der Waals surface area contributed by atoms with Gasteiger partial charge in [0.05, 0.1) is 5.60 Å². The highest BCUT2D eigenvalue weighted by Gasteiger charge is 2.39. The average molecular weight is 273 g/mol. The van der Waals surface area contributed by atoms with Crippen LogP contribution in [0.15, 0.2) is 31.0 Å². The average Bonchev–Trinajstić information content (AvgIpc) is 2.90. The van der Waals surface area contributed by atoms with Crippen molar-refractivity contribution in [2.24, 2.45) is 0 Å². The van der Waals surface area contributed by atoms with Crippen molar-refractivity contribution in [2.45, 2.75) is 31.4 Å². The minimum absolute atomic E-state index is 0.0282. The van der Waals surface area contributed by atoms with E-state index in [1.54, 1.807) is 25.3 Å². The van der Waals surface area contributed by atoms with Crippen LogP contribution in [0.1, 0.15) is 30.1 Å². The van der Waals surface area contributed by atoms with Crippen LogP contribution in [0, 0.1) is 0 Å². The zero-order chi connectivity index (χ0) is 14.2. The predicted octanol–water partition coefficient (Wildman–Crippen LogP) is 0.305. The summed E-state index contributed by atoms with van der Waals surface area (Å²) in [6, 6.07) is 3.33. The monoisotopic (exact) mass is 273 g/mol. The van der Waals surface area contributed by atoms with Gasteiger partial charge in [-0.25, -0.2) is 14.6 Å². The maximum absolute atomic E-state index is 12.1. The number of carbonyl (C=O) groups excluding carboxylic acids is 1. The van der Waals surface area contributed by atoms with Gasteiger partial charge in [-0.3, -0.25) is 4.79 Å². The Morgan fingerprint density at radius 2 is 2.35 bits per heavy atom. The quantitative estimate of drug-likeness (QED) is 0.839. The maximum Gasteiger partial charge on any atom is 0.251 e. The van der Waals surface area contributed by atoms with Gasteiger partial charge in [-0.15, -0.1) is 0 Å². The molecule has 7 nitrogen and oxygen atoms in total. The summed E-state index contributed by atoms with van der Waals surface area (Å²) in [6.07, 6.45) is 5.65. The largest absolute Gasteiger partial charge is 0.390 e. The van der Waals surface area contributed by atoms with Gasteiger partial charge >= 0.3 is 0 Å². The molecule has 2 N–H and O–H groups in total. The molecule has 3 rings (SSSR count). The zero-order valence-electron chi connectivity index (χ0n) is 11.0. The van der Waals surface area contributed by atoms with Crippen molar-refractivity contribution in [1.29, 1.82) is 0 Å². The minimum Gasteiger partial charge on any atom is -0.390 e. The van der Waals surface area contributed by atoms with E-state index >= 15 is 0 Å². The van der Waals surface area contributed by atoms with Gasteiger partial charge in [-0.2, -0.15) is 5.10 Å². The predicted molar refractivity (Wildman–Crippen MR) is 70.3 cm³/mol. The van der Waals surface area contributed by atoms with Crippen LogP contribution in [0.3, 0.4) is 0 Å². The Morgan fingerprint density at radius 1 is 1.55 bits per heavy atom. The summed E-state index contributed by atoms with van der Waals surface area (Å²) in [5.41, 5.74) is -0.140. The van der Waals surface area contributed by atoms with Crippen molar-refractivity contribution in [1.82, 2.24) is 25.1 Å². The zero-order valence-corrected chi connectivity index (χ0v) is 11.0. The third-order valence-corrected chi connectivity index (χ3v) is 3.37. The highest BCUT2D eigenvalue weighted by atomic mass is 16.3. The molecule has 0 bridgehead atoms. The fourth-order valence-corrected chi connectivity index (χ4v) is 2.38. The Hall–Kier alpha value is -2.28. The van der Waals surface area contributed by atoms with Gasteiger partial charge < -0.3 is 10.4 Å². The standard InChI is InChI=1S/C13H15N5O2/c1-13(20)5-10(6-13)17-12(19)9-2-3-15-11(4-9)18-8-14-7-16-18/h2-4,7-8,10,20H,5-6H2,1H3,(H,17,19). The molecular formula is C13H15N5O2.